The lowest BCUT2D eigenvalue weighted by atomic mass is 9.87. The fraction of sp³-hybridized carbons (Fsp3) is 0.760. The maximum atomic E-state index is 13.1. The lowest BCUT2D eigenvalue weighted by molar-refractivity contribution is -0.230. The van der Waals surface area contributed by atoms with E-state index in [2.05, 4.69) is 6.92 Å². The van der Waals surface area contributed by atoms with E-state index in [1.54, 1.807) is 14.2 Å². The quantitative estimate of drug-likeness (QED) is 0.141. The molecule has 1 aromatic carbocycles. The van der Waals surface area contributed by atoms with Crippen LogP contribution in [0.4, 0.5) is 26.3 Å². The van der Waals surface area contributed by atoms with Crippen molar-refractivity contribution in [1.82, 2.24) is 0 Å². The Labute approximate surface area is 194 Å². The Kier molecular flexibility index (Phi) is 12.2. The van der Waals surface area contributed by atoms with Crippen molar-refractivity contribution in [2.45, 2.75) is 103 Å². The first-order valence-electron chi connectivity index (χ1n) is 11.8. The second-order valence-corrected chi connectivity index (χ2v) is 8.84. The van der Waals surface area contributed by atoms with Crippen LogP contribution < -0.4 is 0 Å². The summed E-state index contributed by atoms with van der Waals surface area (Å²) in [5, 5.41) is 0. The Morgan fingerprint density at radius 1 is 0.697 bits per heavy atom. The van der Waals surface area contributed by atoms with E-state index in [1.807, 2.05) is 6.92 Å². The first kappa shape index (κ1) is 29.8. The lowest BCUT2D eigenvalue weighted by Crippen LogP contribution is -2.39. The monoisotopic (exact) mass is 484 g/mol. The first-order valence-corrected chi connectivity index (χ1v) is 11.8. The molecule has 1 unspecified atom stereocenters. The first-order chi connectivity index (χ1) is 15.4. The van der Waals surface area contributed by atoms with Gasteiger partial charge in [-0.05, 0) is 56.4 Å². The maximum absolute atomic E-state index is 13.1. The molecular formula is C25H38F6O2. The van der Waals surface area contributed by atoms with Gasteiger partial charge in [-0.15, -0.1) is 0 Å². The average molecular weight is 485 g/mol. The van der Waals surface area contributed by atoms with Crippen molar-refractivity contribution in [3.63, 3.8) is 0 Å². The van der Waals surface area contributed by atoms with E-state index in [1.165, 1.54) is 25.7 Å². The van der Waals surface area contributed by atoms with Crippen LogP contribution in [-0.4, -0.2) is 20.0 Å². The molecule has 0 radical (unpaired) electrons. The maximum Gasteiger partial charge on any atom is 0.416 e. The predicted octanol–water partition coefficient (Wildman–Crippen LogP) is 8.81. The van der Waals surface area contributed by atoms with Gasteiger partial charge >= 0.3 is 12.4 Å². The van der Waals surface area contributed by atoms with Gasteiger partial charge in [0.15, 0.2) is 5.79 Å². The molecule has 0 aliphatic rings. The number of unbranched alkanes of at least 4 members (excludes halogenated alkanes) is 6. The van der Waals surface area contributed by atoms with Crippen LogP contribution in [-0.2, 0) is 28.2 Å². The summed E-state index contributed by atoms with van der Waals surface area (Å²) in [6, 6.07) is 1.80. The van der Waals surface area contributed by atoms with Crippen molar-refractivity contribution < 1.29 is 35.8 Å². The lowest BCUT2D eigenvalue weighted by Gasteiger charge is -2.35. The molecule has 0 fully saturated rings. The number of aryl methyl sites for hydroxylation is 1. The molecule has 2 nitrogen and oxygen atoms in total. The average Bonchev–Trinajstić information content (AvgIpc) is 2.75. The Bertz CT molecular complexity index is 648. The van der Waals surface area contributed by atoms with Crippen molar-refractivity contribution in [3.8, 4) is 0 Å². The zero-order valence-corrected chi connectivity index (χ0v) is 20.2. The second kappa shape index (κ2) is 13.6. The van der Waals surface area contributed by atoms with Gasteiger partial charge in [-0.2, -0.15) is 26.3 Å². The Morgan fingerprint density at radius 3 is 1.61 bits per heavy atom. The molecule has 8 heteroatoms. The molecule has 0 aromatic heterocycles. The number of hydrogen-bond acceptors (Lipinski definition) is 2. The number of ether oxygens (including phenoxy) is 2. The van der Waals surface area contributed by atoms with Crippen molar-refractivity contribution >= 4 is 0 Å². The van der Waals surface area contributed by atoms with Gasteiger partial charge in [-0.3, -0.25) is 0 Å². The van der Waals surface area contributed by atoms with Crippen LogP contribution in [0.25, 0.3) is 0 Å². The molecule has 0 N–H and O–H groups in total. The van der Waals surface area contributed by atoms with Gasteiger partial charge in [-0.1, -0.05) is 51.9 Å². The number of rotatable bonds is 15. The number of benzene rings is 1. The van der Waals surface area contributed by atoms with Crippen molar-refractivity contribution in [2.24, 2.45) is 5.92 Å². The minimum absolute atomic E-state index is 0.0471. The standard InChI is InChI=1S/C25H38F6O2/c1-5-6-7-8-9-10-14-20(23(2,32-3)33-4)15-12-11-13-19-16-21(24(26,27)28)18-22(17-19)25(29,30)31/h16-18,20H,5-15H2,1-4H3. The molecule has 0 amide bonds. The predicted molar refractivity (Wildman–Crippen MR) is 118 cm³/mol. The normalized spacial score (nSPS) is 14.0. The summed E-state index contributed by atoms with van der Waals surface area (Å²) in [5.74, 6) is -0.686. The fourth-order valence-electron chi connectivity index (χ4n) is 4.14. The largest absolute Gasteiger partial charge is 0.416 e. The zero-order valence-electron chi connectivity index (χ0n) is 20.2. The van der Waals surface area contributed by atoms with Gasteiger partial charge in [-0.25, -0.2) is 0 Å². The summed E-state index contributed by atoms with van der Waals surface area (Å²) >= 11 is 0. The molecule has 0 aliphatic heterocycles. The molecule has 0 heterocycles. The minimum Gasteiger partial charge on any atom is -0.353 e. The molecule has 0 aliphatic carbocycles. The summed E-state index contributed by atoms with van der Waals surface area (Å²) in [5.41, 5.74) is -2.48. The molecule has 1 atom stereocenters. The van der Waals surface area contributed by atoms with Crippen LogP contribution in [0, 0.1) is 5.92 Å². The highest BCUT2D eigenvalue weighted by Gasteiger charge is 2.37. The molecule has 0 bridgehead atoms. The minimum atomic E-state index is -4.82. The van der Waals surface area contributed by atoms with Gasteiger partial charge in [0, 0.05) is 20.1 Å². The molecule has 0 saturated carbocycles. The summed E-state index contributed by atoms with van der Waals surface area (Å²) < 4.78 is 89.6. The van der Waals surface area contributed by atoms with E-state index in [-0.39, 0.29) is 24.0 Å². The summed E-state index contributed by atoms with van der Waals surface area (Å²) in [4.78, 5) is 0. The van der Waals surface area contributed by atoms with Gasteiger partial charge < -0.3 is 9.47 Å². The van der Waals surface area contributed by atoms with Crippen molar-refractivity contribution in [2.75, 3.05) is 14.2 Å². The zero-order chi connectivity index (χ0) is 25.1. The SMILES string of the molecule is CCCCCCCCC(CCCCc1cc(C(F)(F)F)cc(C(F)(F)F)c1)C(C)(OC)OC. The van der Waals surface area contributed by atoms with E-state index < -0.39 is 29.3 Å². The van der Waals surface area contributed by atoms with Crippen LogP contribution in [0.3, 0.4) is 0 Å². The van der Waals surface area contributed by atoms with Gasteiger partial charge in [0.25, 0.3) is 0 Å². The number of hydrogen-bond donors (Lipinski definition) is 0. The van der Waals surface area contributed by atoms with E-state index in [4.69, 9.17) is 9.47 Å². The molecule has 0 spiro atoms. The topological polar surface area (TPSA) is 18.5 Å². The van der Waals surface area contributed by atoms with E-state index in [0.29, 0.717) is 12.8 Å². The second-order valence-electron chi connectivity index (χ2n) is 8.84. The van der Waals surface area contributed by atoms with E-state index in [0.717, 1.165) is 37.8 Å². The Morgan fingerprint density at radius 2 is 1.15 bits per heavy atom. The highest BCUT2D eigenvalue weighted by atomic mass is 19.4. The summed E-state index contributed by atoms with van der Waals surface area (Å²) in [6.07, 6.45) is 0.191. The van der Waals surface area contributed by atoms with Crippen LogP contribution >= 0.6 is 0 Å². The highest BCUT2D eigenvalue weighted by Crippen LogP contribution is 2.37. The van der Waals surface area contributed by atoms with E-state index in [9.17, 15) is 26.3 Å². The van der Waals surface area contributed by atoms with E-state index >= 15 is 0 Å². The molecule has 1 rings (SSSR count). The third-order valence-electron chi connectivity index (χ3n) is 6.37. The summed E-state index contributed by atoms with van der Waals surface area (Å²) in [6.45, 7) is 4.04. The summed E-state index contributed by atoms with van der Waals surface area (Å²) in [7, 11) is 3.16. The fourth-order valence-corrected chi connectivity index (χ4v) is 4.14. The van der Waals surface area contributed by atoms with Crippen molar-refractivity contribution in [1.29, 1.82) is 0 Å². The number of methoxy groups -OCH3 is 2. The van der Waals surface area contributed by atoms with Gasteiger partial charge in [0.1, 0.15) is 0 Å². The number of halogens is 6. The Hall–Kier alpha value is -1.28. The molecule has 1 aromatic rings. The third-order valence-corrected chi connectivity index (χ3v) is 6.37. The van der Waals surface area contributed by atoms with Gasteiger partial charge in [0.2, 0.25) is 0 Å². The smallest absolute Gasteiger partial charge is 0.353 e. The third kappa shape index (κ3) is 10.3. The number of alkyl halides is 6. The van der Waals surface area contributed by atoms with Crippen LogP contribution in [0.2, 0.25) is 0 Å². The molecule has 33 heavy (non-hydrogen) atoms. The van der Waals surface area contributed by atoms with Crippen molar-refractivity contribution in [3.05, 3.63) is 34.9 Å². The van der Waals surface area contributed by atoms with Crippen LogP contribution in [0.15, 0.2) is 18.2 Å². The molecular weight excluding hydrogens is 446 g/mol. The van der Waals surface area contributed by atoms with Gasteiger partial charge in [0.05, 0.1) is 11.1 Å². The van der Waals surface area contributed by atoms with Crippen LogP contribution in [0.1, 0.15) is 94.7 Å². The van der Waals surface area contributed by atoms with Crippen LogP contribution in [0.5, 0.6) is 0 Å². The molecule has 192 valence electrons. The highest BCUT2D eigenvalue weighted by molar-refractivity contribution is 5.33. The Balaban J connectivity index is 2.74. The molecule has 0 saturated heterocycles.